The molecular weight excluding hydrogens is 514 g/mol. The fraction of sp³-hybridized carbons (Fsp3) is 0.548. The van der Waals surface area contributed by atoms with Crippen LogP contribution in [0.2, 0.25) is 5.02 Å². The number of ether oxygens (including phenoxy) is 2. The van der Waals surface area contributed by atoms with Crippen molar-refractivity contribution < 1.29 is 19.1 Å². The fourth-order valence-corrected chi connectivity index (χ4v) is 5.44. The summed E-state index contributed by atoms with van der Waals surface area (Å²) in [7, 11) is 0. The summed E-state index contributed by atoms with van der Waals surface area (Å²) < 4.78 is 11.5. The van der Waals surface area contributed by atoms with Gasteiger partial charge in [0.2, 0.25) is 5.91 Å². The van der Waals surface area contributed by atoms with Gasteiger partial charge in [0.25, 0.3) is 0 Å². The van der Waals surface area contributed by atoms with Gasteiger partial charge in [0.15, 0.2) is 6.73 Å². The standard InChI is InChI=1S/C31H42ClN3O4/c1-3-4-5-11-30(37)39-23-35-28-22-26(14-12-25(28)13-15-29(35)36)38-21-7-6-16-33-17-19-34(20-18-33)27-10-8-9-24(2)31(27)32/h8-10,12,14,22H,3-7,11,13,15-21,23H2,1-2H3. The molecule has 0 spiro atoms. The van der Waals surface area contributed by atoms with E-state index >= 15 is 0 Å². The zero-order chi connectivity index (χ0) is 27.6. The Morgan fingerprint density at radius 2 is 1.79 bits per heavy atom. The van der Waals surface area contributed by atoms with Crippen molar-refractivity contribution in [3.63, 3.8) is 0 Å². The number of hydrogen-bond donors (Lipinski definition) is 0. The predicted octanol–water partition coefficient (Wildman–Crippen LogP) is 5.99. The number of amides is 1. The highest BCUT2D eigenvalue weighted by molar-refractivity contribution is 6.34. The molecule has 0 aromatic heterocycles. The lowest BCUT2D eigenvalue weighted by Crippen LogP contribution is -2.46. The number of piperazine rings is 1. The Labute approximate surface area is 238 Å². The first-order valence-electron chi connectivity index (χ1n) is 14.4. The molecule has 0 saturated carbocycles. The molecule has 212 valence electrons. The van der Waals surface area contributed by atoms with E-state index in [9.17, 15) is 9.59 Å². The first-order chi connectivity index (χ1) is 19.0. The molecule has 0 N–H and O–H groups in total. The number of nitrogens with zero attached hydrogens (tertiary/aromatic N) is 3. The molecule has 1 saturated heterocycles. The van der Waals surface area contributed by atoms with Crippen LogP contribution in [0, 0.1) is 6.92 Å². The van der Waals surface area contributed by atoms with E-state index < -0.39 is 0 Å². The summed E-state index contributed by atoms with van der Waals surface area (Å²) in [6, 6.07) is 12.1. The molecule has 1 amide bonds. The molecule has 2 aromatic carbocycles. The Morgan fingerprint density at radius 3 is 2.59 bits per heavy atom. The van der Waals surface area contributed by atoms with Crippen LogP contribution in [0.3, 0.4) is 0 Å². The number of carbonyl (C=O) groups is 2. The third-order valence-corrected chi connectivity index (χ3v) is 8.11. The van der Waals surface area contributed by atoms with Crippen molar-refractivity contribution >= 4 is 34.9 Å². The Balaban J connectivity index is 1.19. The van der Waals surface area contributed by atoms with Crippen molar-refractivity contribution in [1.82, 2.24) is 4.90 Å². The van der Waals surface area contributed by atoms with Crippen LogP contribution in [0.25, 0.3) is 0 Å². The van der Waals surface area contributed by atoms with Gasteiger partial charge in [-0.2, -0.15) is 0 Å². The first kappa shape index (κ1) is 29.2. The number of rotatable bonds is 13. The minimum atomic E-state index is -0.254. The molecule has 1 fully saturated rings. The van der Waals surface area contributed by atoms with Crippen LogP contribution in [-0.4, -0.2) is 62.8 Å². The minimum absolute atomic E-state index is 0.0224. The largest absolute Gasteiger partial charge is 0.494 e. The number of aryl methyl sites for hydroxylation is 2. The van der Waals surface area contributed by atoms with Gasteiger partial charge >= 0.3 is 5.97 Å². The lowest BCUT2D eigenvalue weighted by molar-refractivity contribution is -0.144. The van der Waals surface area contributed by atoms with Crippen molar-refractivity contribution in [3.8, 4) is 5.75 Å². The highest BCUT2D eigenvalue weighted by atomic mass is 35.5. The summed E-state index contributed by atoms with van der Waals surface area (Å²) in [6.07, 6.45) is 6.40. The van der Waals surface area contributed by atoms with Gasteiger partial charge in [-0.1, -0.05) is 49.6 Å². The van der Waals surface area contributed by atoms with Gasteiger partial charge in [0, 0.05) is 45.1 Å². The molecule has 2 heterocycles. The third-order valence-electron chi connectivity index (χ3n) is 7.62. The molecule has 0 bridgehead atoms. The van der Waals surface area contributed by atoms with Gasteiger partial charge in [-0.3, -0.25) is 19.4 Å². The molecule has 4 rings (SSSR count). The van der Waals surface area contributed by atoms with Crippen LogP contribution in [0.1, 0.15) is 63.0 Å². The second-order valence-electron chi connectivity index (χ2n) is 10.5. The van der Waals surface area contributed by atoms with Crippen molar-refractivity contribution in [2.75, 3.05) is 55.9 Å². The SMILES string of the molecule is CCCCCC(=O)OCN1C(=O)CCc2ccc(OCCCCN3CCN(c4cccc(C)c4Cl)CC3)cc21. The summed E-state index contributed by atoms with van der Waals surface area (Å²) in [5, 5.41) is 0.862. The Kier molecular flexibility index (Phi) is 10.9. The summed E-state index contributed by atoms with van der Waals surface area (Å²) in [4.78, 5) is 31.1. The highest BCUT2D eigenvalue weighted by Gasteiger charge is 2.26. The van der Waals surface area contributed by atoms with Gasteiger partial charge in [-0.25, -0.2) is 0 Å². The number of halogens is 1. The van der Waals surface area contributed by atoms with E-state index in [1.54, 1.807) is 4.90 Å². The van der Waals surface area contributed by atoms with Crippen LogP contribution in [0.5, 0.6) is 5.75 Å². The molecule has 0 unspecified atom stereocenters. The summed E-state index contributed by atoms with van der Waals surface area (Å²) in [5.74, 6) is 0.466. The normalized spacial score (nSPS) is 15.8. The van der Waals surface area contributed by atoms with E-state index in [0.717, 1.165) is 98.1 Å². The Morgan fingerprint density at radius 1 is 0.974 bits per heavy atom. The molecule has 2 aliphatic rings. The number of unbranched alkanes of at least 4 members (excludes halogenated alkanes) is 3. The average Bonchev–Trinajstić information content (AvgIpc) is 2.94. The predicted molar refractivity (Wildman–Crippen MR) is 157 cm³/mol. The maximum atomic E-state index is 12.6. The topological polar surface area (TPSA) is 62.3 Å². The van der Waals surface area contributed by atoms with E-state index in [1.807, 2.05) is 18.2 Å². The molecule has 2 aliphatic heterocycles. The minimum Gasteiger partial charge on any atom is -0.494 e. The van der Waals surface area contributed by atoms with E-state index in [4.69, 9.17) is 21.1 Å². The number of fused-ring (bicyclic) bond motifs is 1. The van der Waals surface area contributed by atoms with Crippen molar-refractivity contribution in [1.29, 1.82) is 0 Å². The molecule has 7 nitrogen and oxygen atoms in total. The number of anilines is 2. The molecule has 39 heavy (non-hydrogen) atoms. The average molecular weight is 556 g/mol. The third kappa shape index (κ3) is 8.12. The summed E-state index contributed by atoms with van der Waals surface area (Å²) in [5.41, 5.74) is 4.13. The van der Waals surface area contributed by atoms with Crippen molar-refractivity contribution in [3.05, 3.63) is 52.5 Å². The zero-order valence-electron chi connectivity index (χ0n) is 23.4. The zero-order valence-corrected chi connectivity index (χ0v) is 24.2. The number of carbonyl (C=O) groups excluding carboxylic acids is 2. The number of hydrogen-bond acceptors (Lipinski definition) is 6. The van der Waals surface area contributed by atoms with E-state index in [0.29, 0.717) is 25.9 Å². The van der Waals surface area contributed by atoms with Gasteiger partial charge in [-0.05, 0) is 62.4 Å². The Hall–Kier alpha value is -2.77. The molecular formula is C31H42ClN3O4. The van der Waals surface area contributed by atoms with Crippen LogP contribution < -0.4 is 14.5 Å². The molecule has 0 atom stereocenters. The van der Waals surface area contributed by atoms with Gasteiger partial charge in [0.05, 0.1) is 23.0 Å². The smallest absolute Gasteiger partial charge is 0.307 e. The summed E-state index contributed by atoms with van der Waals surface area (Å²) >= 11 is 6.53. The van der Waals surface area contributed by atoms with E-state index in [-0.39, 0.29) is 18.6 Å². The quantitative estimate of drug-likeness (QED) is 0.223. The second-order valence-corrected chi connectivity index (χ2v) is 10.9. The van der Waals surface area contributed by atoms with Crippen LogP contribution in [-0.2, 0) is 20.7 Å². The van der Waals surface area contributed by atoms with Crippen LogP contribution in [0.4, 0.5) is 11.4 Å². The summed E-state index contributed by atoms with van der Waals surface area (Å²) in [6.45, 7) is 9.82. The first-order valence-corrected chi connectivity index (χ1v) is 14.8. The molecule has 0 aliphatic carbocycles. The van der Waals surface area contributed by atoms with Gasteiger partial charge < -0.3 is 14.4 Å². The molecule has 2 aromatic rings. The maximum Gasteiger partial charge on any atom is 0.307 e. The molecule has 0 radical (unpaired) electrons. The maximum absolute atomic E-state index is 12.6. The van der Waals surface area contributed by atoms with Crippen molar-refractivity contribution in [2.24, 2.45) is 0 Å². The molecule has 8 heteroatoms. The highest BCUT2D eigenvalue weighted by Crippen LogP contribution is 2.32. The lowest BCUT2D eigenvalue weighted by Gasteiger charge is -2.36. The second kappa shape index (κ2) is 14.6. The van der Waals surface area contributed by atoms with Gasteiger partial charge in [-0.15, -0.1) is 0 Å². The van der Waals surface area contributed by atoms with E-state index in [1.165, 1.54) is 0 Å². The lowest BCUT2D eigenvalue weighted by atomic mass is 10.0. The number of benzene rings is 2. The van der Waals surface area contributed by atoms with Crippen LogP contribution >= 0.6 is 11.6 Å². The Bertz CT molecular complexity index is 1120. The monoisotopic (exact) mass is 555 g/mol. The van der Waals surface area contributed by atoms with Gasteiger partial charge in [0.1, 0.15) is 5.75 Å². The number of esters is 1. The van der Waals surface area contributed by atoms with Crippen LogP contribution in [0.15, 0.2) is 36.4 Å². The van der Waals surface area contributed by atoms with Crippen molar-refractivity contribution in [2.45, 2.75) is 65.2 Å². The van der Waals surface area contributed by atoms with E-state index in [2.05, 4.69) is 41.8 Å². The fourth-order valence-electron chi connectivity index (χ4n) is 5.19.